The van der Waals surface area contributed by atoms with Crippen molar-refractivity contribution in [1.29, 1.82) is 0 Å². The van der Waals surface area contributed by atoms with Crippen molar-refractivity contribution < 1.29 is 25.0 Å². The first-order valence-corrected chi connectivity index (χ1v) is 12.2. The van der Waals surface area contributed by atoms with Gasteiger partial charge in [0.25, 0.3) is 5.69 Å². The topological polar surface area (TPSA) is 126 Å². The molecule has 0 radical (unpaired) electrons. The number of nitro benzene ring substituents is 1. The van der Waals surface area contributed by atoms with Gasteiger partial charge in [-0.2, -0.15) is 0 Å². The van der Waals surface area contributed by atoms with Gasteiger partial charge in [-0.1, -0.05) is 12.1 Å². The van der Waals surface area contributed by atoms with Gasteiger partial charge in [-0.3, -0.25) is 15.1 Å². The van der Waals surface area contributed by atoms with Gasteiger partial charge in [0.15, 0.2) is 11.5 Å². The van der Waals surface area contributed by atoms with E-state index in [0.29, 0.717) is 27.7 Å². The Morgan fingerprint density at radius 3 is 2.53 bits per heavy atom. The van der Waals surface area contributed by atoms with Gasteiger partial charge in [-0.15, -0.1) is 6.58 Å². The summed E-state index contributed by atoms with van der Waals surface area (Å²) in [5, 5.41) is 42.9. The van der Waals surface area contributed by atoms with E-state index in [-0.39, 0.29) is 11.4 Å². The zero-order valence-electron chi connectivity index (χ0n) is 19.6. The number of aromatic nitrogens is 1. The van der Waals surface area contributed by atoms with Crippen molar-refractivity contribution in [2.75, 3.05) is 7.11 Å². The SMILES string of the molecule is C=C[C@H]([C@H](O)CC/C(=C/c1cc(I)c(O)c(OC)c1)c1ccccn1)[C@H](O)c1ccc([N+](=O)[O-])cc1. The number of ether oxygens (including phenoxy) is 1. The molecule has 0 unspecified atom stereocenters. The molecule has 2 aromatic carbocycles. The maximum absolute atomic E-state index is 11.0. The molecule has 0 saturated carbocycles. The highest BCUT2D eigenvalue weighted by Gasteiger charge is 2.26. The van der Waals surface area contributed by atoms with E-state index < -0.39 is 23.0 Å². The van der Waals surface area contributed by atoms with Crippen molar-refractivity contribution in [2.45, 2.75) is 25.0 Å². The summed E-state index contributed by atoms with van der Waals surface area (Å²) < 4.78 is 5.91. The molecule has 8 nitrogen and oxygen atoms in total. The number of allylic oxidation sites excluding steroid dienone is 1. The van der Waals surface area contributed by atoms with E-state index in [4.69, 9.17) is 4.74 Å². The maximum Gasteiger partial charge on any atom is 0.269 e. The van der Waals surface area contributed by atoms with Crippen molar-refractivity contribution in [3.05, 3.63) is 104 Å². The number of benzene rings is 2. The summed E-state index contributed by atoms with van der Waals surface area (Å²) >= 11 is 2.03. The molecule has 3 rings (SSSR count). The fourth-order valence-corrected chi connectivity index (χ4v) is 4.49. The van der Waals surface area contributed by atoms with Gasteiger partial charge in [0.05, 0.1) is 33.5 Å². The molecule has 0 aliphatic carbocycles. The van der Waals surface area contributed by atoms with Crippen molar-refractivity contribution in [3.8, 4) is 11.5 Å². The molecule has 0 aliphatic rings. The molecule has 36 heavy (non-hydrogen) atoms. The lowest BCUT2D eigenvalue weighted by molar-refractivity contribution is -0.384. The molecule has 0 bridgehead atoms. The molecule has 0 amide bonds. The number of rotatable bonds is 11. The van der Waals surface area contributed by atoms with Crippen LogP contribution >= 0.6 is 22.6 Å². The predicted octanol–water partition coefficient (Wildman–Crippen LogP) is 5.53. The van der Waals surface area contributed by atoms with Gasteiger partial charge >= 0.3 is 0 Å². The van der Waals surface area contributed by atoms with E-state index >= 15 is 0 Å². The number of nitrogens with zero attached hydrogens (tertiary/aromatic N) is 2. The van der Waals surface area contributed by atoms with Crippen LogP contribution in [0.1, 0.15) is 35.8 Å². The zero-order valence-corrected chi connectivity index (χ0v) is 21.8. The van der Waals surface area contributed by atoms with E-state index in [1.54, 1.807) is 12.3 Å². The number of nitro groups is 1. The number of aliphatic hydroxyl groups excluding tert-OH is 2. The minimum absolute atomic E-state index is 0.0686. The molecule has 9 heteroatoms. The monoisotopic (exact) mass is 602 g/mol. The number of hydrogen-bond donors (Lipinski definition) is 3. The zero-order chi connectivity index (χ0) is 26.2. The average molecular weight is 602 g/mol. The van der Waals surface area contributed by atoms with Gasteiger partial charge in [-0.05, 0) is 94.6 Å². The van der Waals surface area contributed by atoms with Crippen LogP contribution in [0.2, 0.25) is 0 Å². The number of aliphatic hydroxyl groups is 2. The van der Waals surface area contributed by atoms with Crippen LogP contribution in [0.4, 0.5) is 5.69 Å². The second-order valence-electron chi connectivity index (χ2n) is 8.15. The summed E-state index contributed by atoms with van der Waals surface area (Å²) in [5.74, 6) is -0.267. The van der Waals surface area contributed by atoms with E-state index in [1.165, 1.54) is 37.5 Å². The van der Waals surface area contributed by atoms with Gasteiger partial charge in [0.1, 0.15) is 0 Å². The van der Waals surface area contributed by atoms with Crippen LogP contribution in [-0.2, 0) is 0 Å². The van der Waals surface area contributed by atoms with Gasteiger partial charge in [0, 0.05) is 24.2 Å². The van der Waals surface area contributed by atoms with Crippen LogP contribution in [0, 0.1) is 19.6 Å². The van der Waals surface area contributed by atoms with Crippen LogP contribution in [0.15, 0.2) is 73.4 Å². The second kappa shape index (κ2) is 12.6. The first-order chi connectivity index (χ1) is 17.2. The Morgan fingerprint density at radius 1 is 1.22 bits per heavy atom. The number of hydrogen-bond acceptors (Lipinski definition) is 7. The molecule has 3 N–H and O–H groups in total. The smallest absolute Gasteiger partial charge is 0.269 e. The normalized spacial score (nSPS) is 14.1. The third-order valence-electron chi connectivity index (χ3n) is 5.84. The Kier molecular flexibility index (Phi) is 9.57. The van der Waals surface area contributed by atoms with Crippen LogP contribution < -0.4 is 4.74 Å². The summed E-state index contributed by atoms with van der Waals surface area (Å²) in [5.41, 5.74) is 2.77. The molecule has 0 saturated heterocycles. The van der Waals surface area contributed by atoms with Crippen molar-refractivity contribution >= 4 is 39.9 Å². The van der Waals surface area contributed by atoms with E-state index in [9.17, 15) is 25.4 Å². The molecular weight excluding hydrogens is 575 g/mol. The first-order valence-electron chi connectivity index (χ1n) is 11.2. The number of non-ortho nitro benzene ring substituents is 1. The molecule has 188 valence electrons. The van der Waals surface area contributed by atoms with Crippen molar-refractivity contribution in [1.82, 2.24) is 4.98 Å². The molecule has 0 fully saturated rings. The molecule has 3 atom stereocenters. The van der Waals surface area contributed by atoms with Crippen LogP contribution in [0.3, 0.4) is 0 Å². The van der Waals surface area contributed by atoms with Crippen molar-refractivity contribution in [3.63, 3.8) is 0 Å². The van der Waals surface area contributed by atoms with Gasteiger partial charge in [0.2, 0.25) is 0 Å². The lowest BCUT2D eigenvalue weighted by Crippen LogP contribution is -2.25. The summed E-state index contributed by atoms with van der Waals surface area (Å²) in [6, 6.07) is 14.7. The number of pyridine rings is 1. The lowest BCUT2D eigenvalue weighted by Gasteiger charge is -2.25. The Bertz CT molecular complexity index is 1230. The first kappa shape index (κ1) is 27.3. The average Bonchev–Trinajstić information content (AvgIpc) is 2.89. The predicted molar refractivity (Wildman–Crippen MR) is 146 cm³/mol. The fraction of sp³-hybridized carbons (Fsp3) is 0.222. The summed E-state index contributed by atoms with van der Waals surface area (Å²) in [7, 11) is 1.49. The third-order valence-corrected chi connectivity index (χ3v) is 6.66. The van der Waals surface area contributed by atoms with E-state index in [0.717, 1.165) is 16.8 Å². The van der Waals surface area contributed by atoms with Gasteiger partial charge in [-0.25, -0.2) is 0 Å². The largest absolute Gasteiger partial charge is 0.504 e. The molecule has 0 aliphatic heterocycles. The summed E-state index contributed by atoms with van der Waals surface area (Å²) in [4.78, 5) is 14.8. The second-order valence-corrected chi connectivity index (χ2v) is 9.31. The lowest BCUT2D eigenvalue weighted by atomic mass is 9.87. The molecule has 0 spiro atoms. The summed E-state index contributed by atoms with van der Waals surface area (Å²) in [6.45, 7) is 3.77. The number of phenolic OH excluding ortho intramolecular Hbond substituents is 1. The van der Waals surface area contributed by atoms with E-state index in [2.05, 4.69) is 11.6 Å². The number of halogens is 1. The Labute approximate surface area is 222 Å². The minimum atomic E-state index is -1.08. The molecule has 3 aromatic rings. The third kappa shape index (κ3) is 6.68. The highest BCUT2D eigenvalue weighted by Crippen LogP contribution is 2.35. The molecule has 1 heterocycles. The fourth-order valence-electron chi connectivity index (χ4n) is 3.87. The van der Waals surface area contributed by atoms with E-state index in [1.807, 2.05) is 52.9 Å². The number of methoxy groups -OCH3 is 1. The Morgan fingerprint density at radius 2 is 1.94 bits per heavy atom. The van der Waals surface area contributed by atoms with Crippen LogP contribution in [0.5, 0.6) is 11.5 Å². The molecule has 1 aromatic heterocycles. The van der Waals surface area contributed by atoms with Crippen LogP contribution in [-0.4, -0.2) is 38.4 Å². The van der Waals surface area contributed by atoms with Crippen molar-refractivity contribution in [2.24, 2.45) is 5.92 Å². The highest BCUT2D eigenvalue weighted by atomic mass is 127. The highest BCUT2D eigenvalue weighted by molar-refractivity contribution is 14.1. The Balaban J connectivity index is 1.83. The molecular formula is C27H27IN2O6. The maximum atomic E-state index is 11.0. The number of aromatic hydroxyl groups is 1. The standard InChI is InChI=1S/C27H27IN2O6/c1-3-21(26(32)18-7-10-20(11-8-18)30(34)35)24(31)12-9-19(23-6-4-5-13-29-23)14-17-15-22(28)27(33)25(16-17)36-2/h3-8,10-11,13-16,21,24,26,31-33H,1,9,12H2,2H3/b19-14-/t21-,24-,26-/m1/s1. The summed E-state index contributed by atoms with van der Waals surface area (Å²) in [6.07, 6.45) is 3.83. The minimum Gasteiger partial charge on any atom is -0.504 e. The number of phenols is 1. The van der Waals surface area contributed by atoms with Crippen LogP contribution in [0.25, 0.3) is 11.6 Å². The Hall–Kier alpha value is -3.28. The van der Waals surface area contributed by atoms with Gasteiger partial charge < -0.3 is 20.1 Å². The quantitative estimate of drug-likeness (QED) is 0.114.